The van der Waals surface area contributed by atoms with Gasteiger partial charge in [0.1, 0.15) is 11.0 Å². The van der Waals surface area contributed by atoms with Crippen LogP contribution < -0.4 is 4.72 Å². The van der Waals surface area contributed by atoms with Crippen LogP contribution in [-0.2, 0) is 14.8 Å². The molecule has 6 nitrogen and oxygen atoms in total. The molecule has 0 amide bonds. The molecule has 2 heterocycles. The number of sulfonamides is 1. The standard InChI is InChI=1S/C13H17N3O3S/c1-13(2)8-10(5-7-19-13)16-20(17,18)12-4-3-6-15-11(12)9-14/h3-4,6,10,16H,5,7-8H2,1-2H3. The number of hydrogen-bond donors (Lipinski definition) is 1. The van der Waals surface area contributed by atoms with Gasteiger partial charge in [-0.15, -0.1) is 0 Å². The van der Waals surface area contributed by atoms with Crippen LogP contribution in [0.15, 0.2) is 23.2 Å². The van der Waals surface area contributed by atoms with E-state index in [1.807, 2.05) is 13.8 Å². The van der Waals surface area contributed by atoms with Crippen LogP contribution >= 0.6 is 0 Å². The molecule has 1 saturated heterocycles. The fourth-order valence-corrected chi connectivity index (χ4v) is 3.68. The molecule has 1 atom stereocenters. The summed E-state index contributed by atoms with van der Waals surface area (Å²) in [5.41, 5.74) is -0.440. The van der Waals surface area contributed by atoms with Gasteiger partial charge in [-0.05, 0) is 38.8 Å². The minimum absolute atomic E-state index is 0.0770. The van der Waals surface area contributed by atoms with Crippen molar-refractivity contribution in [3.8, 4) is 6.07 Å². The molecule has 2 rings (SSSR count). The molecule has 0 radical (unpaired) electrons. The van der Waals surface area contributed by atoms with Crippen molar-refractivity contribution in [3.63, 3.8) is 0 Å². The third-order valence-electron chi connectivity index (χ3n) is 3.19. The number of nitrogens with zero attached hydrogens (tertiary/aromatic N) is 2. The first-order valence-electron chi connectivity index (χ1n) is 6.35. The predicted octanol–water partition coefficient (Wildman–Crippen LogP) is 1.19. The summed E-state index contributed by atoms with van der Waals surface area (Å²) in [6.07, 6.45) is 2.61. The second-order valence-electron chi connectivity index (χ2n) is 5.38. The summed E-state index contributed by atoms with van der Waals surface area (Å²) in [6, 6.07) is 4.49. The van der Waals surface area contributed by atoms with E-state index >= 15 is 0 Å². The van der Waals surface area contributed by atoms with Crippen molar-refractivity contribution in [2.75, 3.05) is 6.61 Å². The Morgan fingerprint density at radius 3 is 2.95 bits per heavy atom. The van der Waals surface area contributed by atoms with Gasteiger partial charge < -0.3 is 4.74 Å². The van der Waals surface area contributed by atoms with Crippen LogP contribution in [0.4, 0.5) is 0 Å². The van der Waals surface area contributed by atoms with Crippen LogP contribution in [0.2, 0.25) is 0 Å². The maximum Gasteiger partial charge on any atom is 0.243 e. The van der Waals surface area contributed by atoms with E-state index in [0.29, 0.717) is 19.4 Å². The first-order valence-corrected chi connectivity index (χ1v) is 7.84. The van der Waals surface area contributed by atoms with E-state index in [4.69, 9.17) is 10.00 Å². The summed E-state index contributed by atoms with van der Waals surface area (Å²) >= 11 is 0. The Hall–Kier alpha value is -1.49. The lowest BCUT2D eigenvalue weighted by molar-refractivity contribution is -0.0599. The predicted molar refractivity (Wildman–Crippen MR) is 72.3 cm³/mol. The molecule has 0 aromatic carbocycles. The lowest BCUT2D eigenvalue weighted by atomic mass is 9.95. The molecule has 1 fully saturated rings. The minimum Gasteiger partial charge on any atom is -0.375 e. The average Bonchev–Trinajstić information content (AvgIpc) is 2.37. The lowest BCUT2D eigenvalue weighted by Crippen LogP contribution is -2.45. The summed E-state index contributed by atoms with van der Waals surface area (Å²) in [6.45, 7) is 4.37. The van der Waals surface area contributed by atoms with Crippen LogP contribution in [-0.4, -0.2) is 31.7 Å². The van der Waals surface area contributed by atoms with Crippen molar-refractivity contribution >= 4 is 10.0 Å². The normalized spacial score (nSPS) is 22.1. The largest absolute Gasteiger partial charge is 0.375 e. The molecule has 108 valence electrons. The van der Waals surface area contributed by atoms with E-state index in [9.17, 15) is 8.42 Å². The van der Waals surface area contributed by atoms with Crippen molar-refractivity contribution in [3.05, 3.63) is 24.0 Å². The molecule has 1 aliphatic heterocycles. The molecular formula is C13H17N3O3S. The van der Waals surface area contributed by atoms with Crippen molar-refractivity contribution < 1.29 is 13.2 Å². The molecule has 0 bridgehead atoms. The number of hydrogen-bond acceptors (Lipinski definition) is 5. The Morgan fingerprint density at radius 2 is 2.30 bits per heavy atom. The number of rotatable bonds is 3. The maximum absolute atomic E-state index is 12.3. The van der Waals surface area contributed by atoms with Crippen molar-refractivity contribution in [1.29, 1.82) is 5.26 Å². The quantitative estimate of drug-likeness (QED) is 0.904. The van der Waals surface area contributed by atoms with Crippen LogP contribution in [0, 0.1) is 11.3 Å². The molecule has 0 aliphatic carbocycles. The highest BCUT2D eigenvalue weighted by atomic mass is 32.2. The topological polar surface area (TPSA) is 92.1 Å². The summed E-state index contributed by atoms with van der Waals surface area (Å²) in [5, 5.41) is 8.95. The molecule has 1 N–H and O–H groups in total. The minimum atomic E-state index is -3.74. The third kappa shape index (κ3) is 3.33. The number of ether oxygens (including phenoxy) is 1. The van der Waals surface area contributed by atoms with Gasteiger partial charge >= 0.3 is 0 Å². The second kappa shape index (κ2) is 5.48. The zero-order valence-corrected chi connectivity index (χ0v) is 12.3. The summed E-state index contributed by atoms with van der Waals surface area (Å²) in [7, 11) is -3.74. The van der Waals surface area contributed by atoms with E-state index in [1.54, 1.807) is 6.07 Å². The Bertz CT molecular complexity index is 635. The van der Waals surface area contributed by atoms with Gasteiger partial charge in [-0.25, -0.2) is 18.1 Å². The van der Waals surface area contributed by atoms with Crippen molar-refractivity contribution in [2.24, 2.45) is 0 Å². The Balaban J connectivity index is 2.22. The fraction of sp³-hybridized carbons (Fsp3) is 0.538. The van der Waals surface area contributed by atoms with Gasteiger partial charge in [-0.1, -0.05) is 0 Å². The Morgan fingerprint density at radius 1 is 1.55 bits per heavy atom. The molecule has 1 aromatic rings. The second-order valence-corrected chi connectivity index (χ2v) is 7.06. The molecule has 0 saturated carbocycles. The zero-order valence-electron chi connectivity index (χ0n) is 11.5. The van der Waals surface area contributed by atoms with Gasteiger partial charge in [0.2, 0.25) is 10.0 Å². The lowest BCUT2D eigenvalue weighted by Gasteiger charge is -2.35. The zero-order chi connectivity index (χ0) is 14.8. The highest BCUT2D eigenvalue weighted by Gasteiger charge is 2.32. The van der Waals surface area contributed by atoms with E-state index in [2.05, 4.69) is 9.71 Å². The van der Waals surface area contributed by atoms with Crippen LogP contribution in [0.25, 0.3) is 0 Å². The Kier molecular flexibility index (Phi) is 4.09. The highest BCUT2D eigenvalue weighted by Crippen LogP contribution is 2.25. The SMILES string of the molecule is CC1(C)CC(NS(=O)(=O)c2cccnc2C#N)CCO1. The van der Waals surface area contributed by atoms with Crippen LogP contribution in [0.5, 0.6) is 0 Å². The number of pyridine rings is 1. The number of nitriles is 1. The highest BCUT2D eigenvalue weighted by molar-refractivity contribution is 7.89. The van der Waals surface area contributed by atoms with Gasteiger partial charge in [0.25, 0.3) is 0 Å². The van der Waals surface area contributed by atoms with Gasteiger partial charge in [0, 0.05) is 18.8 Å². The van der Waals surface area contributed by atoms with Gasteiger partial charge in [-0.3, -0.25) is 0 Å². The van der Waals surface area contributed by atoms with Gasteiger partial charge in [0.15, 0.2) is 5.69 Å². The van der Waals surface area contributed by atoms with E-state index in [1.165, 1.54) is 18.3 Å². The summed E-state index contributed by atoms with van der Waals surface area (Å²) < 4.78 is 32.9. The van der Waals surface area contributed by atoms with Gasteiger partial charge in [0.05, 0.1) is 5.60 Å². The van der Waals surface area contributed by atoms with Gasteiger partial charge in [-0.2, -0.15) is 5.26 Å². The third-order valence-corrected chi connectivity index (χ3v) is 4.74. The molecule has 1 unspecified atom stereocenters. The maximum atomic E-state index is 12.3. The summed E-state index contributed by atoms with van der Waals surface area (Å²) in [5.74, 6) is 0. The van der Waals surface area contributed by atoms with Crippen molar-refractivity contribution in [1.82, 2.24) is 9.71 Å². The first-order chi connectivity index (χ1) is 9.34. The van der Waals surface area contributed by atoms with E-state index in [-0.39, 0.29) is 22.2 Å². The number of aromatic nitrogens is 1. The van der Waals surface area contributed by atoms with Crippen molar-refractivity contribution in [2.45, 2.75) is 43.2 Å². The molecule has 20 heavy (non-hydrogen) atoms. The Labute approximate surface area is 118 Å². The molecule has 1 aromatic heterocycles. The molecule has 7 heteroatoms. The monoisotopic (exact) mass is 295 g/mol. The van der Waals surface area contributed by atoms with E-state index < -0.39 is 10.0 Å². The molecule has 1 aliphatic rings. The smallest absolute Gasteiger partial charge is 0.243 e. The number of nitrogens with one attached hydrogen (secondary N) is 1. The van der Waals surface area contributed by atoms with Crippen LogP contribution in [0.3, 0.4) is 0 Å². The summed E-state index contributed by atoms with van der Waals surface area (Å²) in [4.78, 5) is 3.70. The van der Waals surface area contributed by atoms with E-state index in [0.717, 1.165) is 0 Å². The van der Waals surface area contributed by atoms with Crippen LogP contribution in [0.1, 0.15) is 32.4 Å². The molecular weight excluding hydrogens is 278 g/mol. The first kappa shape index (κ1) is 14.9. The average molecular weight is 295 g/mol. The molecule has 0 spiro atoms. The fourth-order valence-electron chi connectivity index (χ4n) is 2.31.